The largest absolute Gasteiger partial charge is 0.309 e. The third-order valence-corrected chi connectivity index (χ3v) is 2.73. The van der Waals surface area contributed by atoms with Gasteiger partial charge in [-0.05, 0) is 25.5 Å². The standard InChI is InChI=1S/C9H9ClFN3O/c1-9(4-5(9)11)8(15)12-7-3-2-6(10)13-14-7/h2-3,5H,4H2,1H3,(H,12,14,15). The van der Waals surface area contributed by atoms with Gasteiger partial charge < -0.3 is 5.32 Å². The van der Waals surface area contributed by atoms with Gasteiger partial charge in [0.25, 0.3) is 0 Å². The average Bonchev–Trinajstić information content (AvgIpc) is 2.80. The Hall–Kier alpha value is -1.23. The number of halogens is 2. The maximum Gasteiger partial charge on any atom is 0.234 e. The molecule has 0 saturated heterocycles. The van der Waals surface area contributed by atoms with Crippen LogP contribution in [0.3, 0.4) is 0 Å². The van der Waals surface area contributed by atoms with Gasteiger partial charge in [0.15, 0.2) is 11.0 Å². The number of alkyl halides is 1. The van der Waals surface area contributed by atoms with Gasteiger partial charge in [0.05, 0.1) is 5.41 Å². The van der Waals surface area contributed by atoms with E-state index in [1.165, 1.54) is 12.1 Å². The van der Waals surface area contributed by atoms with Gasteiger partial charge in [-0.15, -0.1) is 10.2 Å². The van der Waals surface area contributed by atoms with Gasteiger partial charge in [0.1, 0.15) is 6.17 Å². The lowest BCUT2D eigenvalue weighted by Crippen LogP contribution is -2.24. The predicted octanol–water partition coefficient (Wildman–Crippen LogP) is 1.82. The van der Waals surface area contributed by atoms with E-state index in [4.69, 9.17) is 11.6 Å². The molecule has 4 nitrogen and oxygen atoms in total. The number of anilines is 1. The summed E-state index contributed by atoms with van der Waals surface area (Å²) in [6.45, 7) is 1.58. The summed E-state index contributed by atoms with van der Waals surface area (Å²) in [7, 11) is 0. The van der Waals surface area contributed by atoms with Crippen molar-refractivity contribution in [3.8, 4) is 0 Å². The van der Waals surface area contributed by atoms with Crippen molar-refractivity contribution in [3.63, 3.8) is 0 Å². The maximum absolute atomic E-state index is 12.9. The molecule has 80 valence electrons. The molecule has 1 heterocycles. The molecule has 0 radical (unpaired) electrons. The Kier molecular flexibility index (Phi) is 2.34. The van der Waals surface area contributed by atoms with Crippen LogP contribution in [0.5, 0.6) is 0 Å². The van der Waals surface area contributed by atoms with Crippen LogP contribution in [-0.2, 0) is 4.79 Å². The van der Waals surface area contributed by atoms with E-state index < -0.39 is 11.6 Å². The number of nitrogens with zero attached hydrogens (tertiary/aromatic N) is 2. The molecular formula is C9H9ClFN3O. The van der Waals surface area contributed by atoms with Crippen molar-refractivity contribution in [1.29, 1.82) is 0 Å². The van der Waals surface area contributed by atoms with Crippen LogP contribution in [0.2, 0.25) is 5.15 Å². The van der Waals surface area contributed by atoms with Crippen LogP contribution < -0.4 is 5.32 Å². The van der Waals surface area contributed by atoms with Crippen molar-refractivity contribution >= 4 is 23.3 Å². The molecule has 1 fully saturated rings. The van der Waals surface area contributed by atoms with Crippen LogP contribution in [0.1, 0.15) is 13.3 Å². The van der Waals surface area contributed by atoms with Crippen LogP contribution >= 0.6 is 11.6 Å². The molecule has 2 rings (SSSR count). The zero-order valence-corrected chi connectivity index (χ0v) is 8.75. The molecule has 0 aliphatic heterocycles. The minimum Gasteiger partial charge on any atom is -0.309 e. The zero-order chi connectivity index (χ0) is 11.1. The first-order valence-corrected chi connectivity index (χ1v) is 4.85. The van der Waals surface area contributed by atoms with Crippen molar-refractivity contribution < 1.29 is 9.18 Å². The lowest BCUT2D eigenvalue weighted by atomic mass is 10.1. The number of rotatable bonds is 2. The van der Waals surface area contributed by atoms with Crippen LogP contribution in [0.4, 0.5) is 10.2 Å². The van der Waals surface area contributed by atoms with Gasteiger partial charge in [0, 0.05) is 0 Å². The van der Waals surface area contributed by atoms with Gasteiger partial charge in [-0.1, -0.05) is 11.6 Å². The smallest absolute Gasteiger partial charge is 0.234 e. The number of carbonyl (C=O) groups excluding carboxylic acids is 1. The van der Waals surface area contributed by atoms with Gasteiger partial charge in [-0.2, -0.15) is 0 Å². The van der Waals surface area contributed by atoms with E-state index in [0.29, 0.717) is 0 Å². The molecule has 1 N–H and O–H groups in total. The molecule has 15 heavy (non-hydrogen) atoms. The van der Waals surface area contributed by atoms with Crippen molar-refractivity contribution in [3.05, 3.63) is 17.3 Å². The minimum absolute atomic E-state index is 0.244. The third-order valence-electron chi connectivity index (χ3n) is 2.53. The first-order valence-electron chi connectivity index (χ1n) is 4.47. The van der Waals surface area contributed by atoms with Crippen molar-refractivity contribution in [2.45, 2.75) is 19.5 Å². The Labute approximate surface area is 90.8 Å². The summed E-state index contributed by atoms with van der Waals surface area (Å²) in [5.41, 5.74) is -0.901. The summed E-state index contributed by atoms with van der Waals surface area (Å²) in [5, 5.41) is 9.94. The van der Waals surface area contributed by atoms with Crippen molar-refractivity contribution in [2.24, 2.45) is 5.41 Å². The number of aromatic nitrogens is 2. The molecule has 1 amide bonds. The van der Waals surface area contributed by atoms with Crippen LogP contribution in [0.15, 0.2) is 12.1 Å². The van der Waals surface area contributed by atoms with Crippen molar-refractivity contribution in [2.75, 3.05) is 5.32 Å². The highest BCUT2D eigenvalue weighted by molar-refractivity contribution is 6.29. The van der Waals surface area contributed by atoms with E-state index in [0.717, 1.165) is 0 Å². The molecule has 0 spiro atoms. The minimum atomic E-state index is -1.06. The quantitative estimate of drug-likeness (QED) is 0.842. The van der Waals surface area contributed by atoms with Crippen LogP contribution in [0, 0.1) is 5.41 Å². The van der Waals surface area contributed by atoms with Gasteiger partial charge in [-0.25, -0.2) is 4.39 Å². The maximum atomic E-state index is 12.9. The number of amides is 1. The van der Waals surface area contributed by atoms with E-state index in [2.05, 4.69) is 15.5 Å². The predicted molar refractivity (Wildman–Crippen MR) is 53.3 cm³/mol. The molecule has 6 heteroatoms. The second-order valence-corrected chi connectivity index (χ2v) is 4.17. The fourth-order valence-electron chi connectivity index (χ4n) is 1.19. The second kappa shape index (κ2) is 3.41. The first-order chi connectivity index (χ1) is 7.02. The Balaban J connectivity index is 2.04. The van der Waals surface area contributed by atoms with E-state index >= 15 is 0 Å². The fraction of sp³-hybridized carbons (Fsp3) is 0.444. The molecule has 1 aromatic heterocycles. The number of hydrogen-bond donors (Lipinski definition) is 1. The van der Waals surface area contributed by atoms with Gasteiger partial charge >= 0.3 is 0 Å². The van der Waals surface area contributed by atoms with E-state index in [1.54, 1.807) is 6.92 Å². The Morgan fingerprint density at radius 2 is 2.33 bits per heavy atom. The normalized spacial score (nSPS) is 28.6. The summed E-state index contributed by atoms with van der Waals surface area (Å²) in [5.74, 6) is -0.0867. The highest BCUT2D eigenvalue weighted by atomic mass is 35.5. The molecule has 1 aromatic rings. The molecule has 2 atom stereocenters. The highest BCUT2D eigenvalue weighted by Crippen LogP contribution is 2.48. The van der Waals surface area contributed by atoms with Crippen molar-refractivity contribution in [1.82, 2.24) is 10.2 Å². The molecule has 1 aliphatic rings. The summed E-state index contributed by atoms with van der Waals surface area (Å²) in [4.78, 5) is 11.5. The van der Waals surface area contributed by atoms with E-state index in [9.17, 15) is 9.18 Å². The van der Waals surface area contributed by atoms with Gasteiger partial charge in [-0.3, -0.25) is 4.79 Å². The summed E-state index contributed by atoms with van der Waals surface area (Å²) >= 11 is 5.53. The van der Waals surface area contributed by atoms with Crippen LogP contribution in [-0.4, -0.2) is 22.3 Å². The summed E-state index contributed by atoms with van der Waals surface area (Å²) < 4.78 is 12.9. The number of hydrogen-bond acceptors (Lipinski definition) is 3. The van der Waals surface area contributed by atoms with E-state index in [1.807, 2.05) is 0 Å². The topological polar surface area (TPSA) is 54.9 Å². The Morgan fingerprint density at radius 1 is 1.67 bits per heavy atom. The third kappa shape index (κ3) is 1.92. The number of carbonyl (C=O) groups is 1. The summed E-state index contributed by atoms with van der Waals surface area (Å²) in [6, 6.07) is 3.03. The highest BCUT2D eigenvalue weighted by Gasteiger charge is 2.57. The SMILES string of the molecule is CC1(C(=O)Nc2ccc(Cl)nn2)CC1F. The van der Waals surface area contributed by atoms with E-state index in [-0.39, 0.29) is 23.3 Å². The monoisotopic (exact) mass is 229 g/mol. The second-order valence-electron chi connectivity index (χ2n) is 3.78. The molecular weight excluding hydrogens is 221 g/mol. The Bertz CT molecular complexity index is 397. The molecule has 0 aromatic carbocycles. The zero-order valence-electron chi connectivity index (χ0n) is 8.00. The molecule has 0 bridgehead atoms. The van der Waals surface area contributed by atoms with Gasteiger partial charge in [0.2, 0.25) is 5.91 Å². The molecule has 2 unspecified atom stereocenters. The summed E-state index contributed by atoms with van der Waals surface area (Å²) in [6.07, 6.45) is -0.794. The molecule has 1 saturated carbocycles. The van der Waals surface area contributed by atoms with Crippen LogP contribution in [0.25, 0.3) is 0 Å². The Morgan fingerprint density at radius 3 is 2.80 bits per heavy atom. The lowest BCUT2D eigenvalue weighted by molar-refractivity contribution is -0.121. The fourth-order valence-corrected chi connectivity index (χ4v) is 1.29. The lowest BCUT2D eigenvalue weighted by Gasteiger charge is -2.08. The number of nitrogens with one attached hydrogen (secondary N) is 1. The average molecular weight is 230 g/mol. The first kappa shape index (κ1) is 10.3. The molecule has 1 aliphatic carbocycles.